The van der Waals surface area contributed by atoms with E-state index in [1.165, 1.54) is 51.4 Å². The van der Waals surface area contributed by atoms with Gasteiger partial charge >= 0.3 is 0 Å². The van der Waals surface area contributed by atoms with Crippen molar-refractivity contribution in [1.29, 1.82) is 0 Å². The van der Waals surface area contributed by atoms with E-state index in [0.717, 1.165) is 12.5 Å². The molecule has 2 N–H and O–H groups in total. The summed E-state index contributed by atoms with van der Waals surface area (Å²) in [7, 11) is 0. The molecule has 1 aliphatic heterocycles. The summed E-state index contributed by atoms with van der Waals surface area (Å²) in [6, 6.07) is 0.459. The zero-order valence-corrected chi connectivity index (χ0v) is 13.8. The number of hydrogen-bond acceptors (Lipinski definition) is 2. The van der Waals surface area contributed by atoms with E-state index >= 15 is 0 Å². The highest BCUT2D eigenvalue weighted by Gasteiger charge is 2.33. The fourth-order valence-corrected chi connectivity index (χ4v) is 3.66. The monoisotopic (exact) mass is 302 g/mol. The van der Waals surface area contributed by atoms with Gasteiger partial charge in [-0.25, -0.2) is 0 Å². The van der Waals surface area contributed by atoms with Gasteiger partial charge < -0.3 is 10.6 Å². The molecule has 20 heavy (non-hydrogen) atoms. The fraction of sp³-hybridized carbons (Fsp3) is 0.938. The normalized spacial score (nSPS) is 26.9. The van der Waals surface area contributed by atoms with Gasteiger partial charge in [-0.1, -0.05) is 39.0 Å². The third-order valence-corrected chi connectivity index (χ3v) is 5.17. The van der Waals surface area contributed by atoms with Gasteiger partial charge in [0.05, 0.1) is 5.92 Å². The van der Waals surface area contributed by atoms with Crippen LogP contribution in [0.1, 0.15) is 65.2 Å². The number of rotatable bonds is 4. The number of nitrogens with zero attached hydrogens (tertiary/aromatic N) is 1. The highest BCUT2D eigenvalue weighted by Crippen LogP contribution is 2.32. The second-order valence-corrected chi connectivity index (χ2v) is 6.72. The van der Waals surface area contributed by atoms with E-state index in [0.29, 0.717) is 6.04 Å². The summed E-state index contributed by atoms with van der Waals surface area (Å²) in [4.78, 5) is 14.6. The molecule has 1 saturated carbocycles. The van der Waals surface area contributed by atoms with Gasteiger partial charge in [0.15, 0.2) is 0 Å². The quantitative estimate of drug-likeness (QED) is 0.865. The van der Waals surface area contributed by atoms with Crippen LogP contribution in [-0.2, 0) is 4.79 Å². The number of likely N-dealkylation sites (tertiary alicyclic amines) is 1. The van der Waals surface area contributed by atoms with Gasteiger partial charge in [0.25, 0.3) is 0 Å². The van der Waals surface area contributed by atoms with E-state index in [4.69, 9.17) is 5.73 Å². The first-order valence-corrected chi connectivity index (χ1v) is 8.15. The molecule has 2 fully saturated rings. The van der Waals surface area contributed by atoms with E-state index in [1.54, 1.807) is 0 Å². The lowest BCUT2D eigenvalue weighted by Crippen LogP contribution is -2.44. The second-order valence-electron chi connectivity index (χ2n) is 6.72. The summed E-state index contributed by atoms with van der Waals surface area (Å²) in [6.07, 6.45) is 10.6. The van der Waals surface area contributed by atoms with E-state index < -0.39 is 0 Å². The van der Waals surface area contributed by atoms with Crippen molar-refractivity contribution in [3.63, 3.8) is 0 Å². The summed E-state index contributed by atoms with van der Waals surface area (Å²) in [5, 5.41) is 0. The lowest BCUT2D eigenvalue weighted by molar-refractivity contribution is -0.136. The topological polar surface area (TPSA) is 46.3 Å². The van der Waals surface area contributed by atoms with Crippen molar-refractivity contribution >= 4 is 18.3 Å². The predicted molar refractivity (Wildman–Crippen MR) is 86.0 cm³/mol. The van der Waals surface area contributed by atoms with E-state index in [1.807, 2.05) is 13.8 Å². The minimum Gasteiger partial charge on any atom is -0.339 e. The largest absolute Gasteiger partial charge is 0.339 e. The Labute approximate surface area is 130 Å². The Hall–Kier alpha value is -0.280. The Kier molecular flexibility index (Phi) is 7.32. The van der Waals surface area contributed by atoms with Crippen LogP contribution in [0.25, 0.3) is 0 Å². The van der Waals surface area contributed by atoms with E-state index in [2.05, 4.69) is 4.90 Å². The van der Waals surface area contributed by atoms with Gasteiger partial charge in [0, 0.05) is 18.6 Å². The zero-order valence-electron chi connectivity index (χ0n) is 13.0. The number of nitrogens with two attached hydrogens (primary N) is 1. The minimum absolute atomic E-state index is 0. The van der Waals surface area contributed by atoms with Crippen LogP contribution in [0.4, 0.5) is 0 Å². The maximum atomic E-state index is 12.5. The maximum absolute atomic E-state index is 12.5. The van der Waals surface area contributed by atoms with E-state index in [9.17, 15) is 4.79 Å². The van der Waals surface area contributed by atoms with E-state index in [-0.39, 0.29) is 30.3 Å². The van der Waals surface area contributed by atoms with Crippen molar-refractivity contribution in [2.75, 3.05) is 6.54 Å². The molecular formula is C16H31ClN2O. The molecule has 2 aliphatic rings. The predicted octanol–water partition coefficient (Wildman–Crippen LogP) is 3.35. The standard InChI is InChI=1S/C16H30N2O.ClH/c1-12(13(2)17)16(19)18-10-6-9-15(18)11-14-7-4-3-5-8-14;/h12-15H,3-11,17H2,1-2H3;1H. The molecule has 1 aliphatic carbocycles. The molecule has 1 heterocycles. The first-order valence-electron chi connectivity index (χ1n) is 8.15. The number of halogens is 1. The van der Waals surface area contributed by atoms with Crippen LogP contribution in [0.2, 0.25) is 0 Å². The van der Waals surface area contributed by atoms with Gasteiger partial charge in [-0.15, -0.1) is 12.4 Å². The first kappa shape index (κ1) is 17.8. The summed E-state index contributed by atoms with van der Waals surface area (Å²) in [5.74, 6) is 1.11. The van der Waals surface area contributed by atoms with Crippen LogP contribution in [0.15, 0.2) is 0 Å². The number of carbonyl (C=O) groups excluding carboxylic acids is 1. The Morgan fingerprint density at radius 2 is 1.80 bits per heavy atom. The first-order chi connectivity index (χ1) is 9.09. The minimum atomic E-state index is -0.0385. The molecular weight excluding hydrogens is 272 g/mol. The van der Waals surface area contributed by atoms with Crippen LogP contribution >= 0.6 is 12.4 Å². The van der Waals surface area contributed by atoms with Crippen LogP contribution in [0.5, 0.6) is 0 Å². The Morgan fingerprint density at radius 3 is 2.40 bits per heavy atom. The van der Waals surface area contributed by atoms with Crippen LogP contribution in [0, 0.1) is 11.8 Å². The average molecular weight is 303 g/mol. The SMILES string of the molecule is CC(N)C(C)C(=O)N1CCCC1CC1CCCCC1.Cl. The third kappa shape index (κ3) is 4.36. The molecule has 3 nitrogen and oxygen atoms in total. The van der Waals surface area contributed by atoms with Crippen LogP contribution < -0.4 is 5.73 Å². The molecule has 0 radical (unpaired) electrons. The Bertz CT molecular complexity index is 303. The van der Waals surface area contributed by atoms with Crippen molar-refractivity contribution in [1.82, 2.24) is 4.90 Å². The molecule has 0 aromatic rings. The molecule has 0 spiro atoms. The molecule has 2 rings (SSSR count). The van der Waals surface area contributed by atoms with Gasteiger partial charge in [0.2, 0.25) is 5.91 Å². The highest BCUT2D eigenvalue weighted by atomic mass is 35.5. The van der Waals surface area contributed by atoms with Crippen LogP contribution in [-0.4, -0.2) is 29.4 Å². The lowest BCUT2D eigenvalue weighted by atomic mass is 9.84. The van der Waals surface area contributed by atoms with Gasteiger partial charge in [0.1, 0.15) is 0 Å². The number of hydrogen-bond donors (Lipinski definition) is 1. The summed E-state index contributed by atoms with van der Waals surface area (Å²) < 4.78 is 0. The van der Waals surface area contributed by atoms with Crippen molar-refractivity contribution in [2.45, 2.75) is 77.3 Å². The smallest absolute Gasteiger partial charge is 0.227 e. The number of carbonyl (C=O) groups is 1. The molecule has 1 amide bonds. The third-order valence-electron chi connectivity index (χ3n) is 5.17. The fourth-order valence-electron chi connectivity index (χ4n) is 3.66. The molecule has 1 saturated heterocycles. The lowest BCUT2D eigenvalue weighted by Gasteiger charge is -2.32. The molecule has 0 bridgehead atoms. The van der Waals surface area contributed by atoms with Crippen molar-refractivity contribution in [3.05, 3.63) is 0 Å². The van der Waals surface area contributed by atoms with Crippen molar-refractivity contribution in [2.24, 2.45) is 17.6 Å². The maximum Gasteiger partial charge on any atom is 0.227 e. The highest BCUT2D eigenvalue weighted by molar-refractivity contribution is 5.85. The van der Waals surface area contributed by atoms with Crippen LogP contribution in [0.3, 0.4) is 0 Å². The van der Waals surface area contributed by atoms with Gasteiger partial charge in [-0.3, -0.25) is 4.79 Å². The van der Waals surface area contributed by atoms with Gasteiger partial charge in [-0.05, 0) is 32.1 Å². The van der Waals surface area contributed by atoms with Crippen molar-refractivity contribution in [3.8, 4) is 0 Å². The average Bonchev–Trinajstić information content (AvgIpc) is 2.86. The Balaban J connectivity index is 0.00000200. The Morgan fingerprint density at radius 1 is 1.15 bits per heavy atom. The summed E-state index contributed by atoms with van der Waals surface area (Å²) in [5.41, 5.74) is 5.89. The molecule has 118 valence electrons. The summed E-state index contributed by atoms with van der Waals surface area (Å²) in [6.45, 7) is 4.87. The number of amides is 1. The molecule has 0 aromatic heterocycles. The zero-order chi connectivity index (χ0) is 13.8. The molecule has 0 aromatic carbocycles. The van der Waals surface area contributed by atoms with Crippen molar-refractivity contribution < 1.29 is 4.79 Å². The molecule has 4 heteroatoms. The molecule has 3 unspecified atom stereocenters. The molecule has 3 atom stereocenters. The second kappa shape index (κ2) is 8.23. The van der Waals surface area contributed by atoms with Gasteiger partial charge in [-0.2, -0.15) is 0 Å². The summed E-state index contributed by atoms with van der Waals surface area (Å²) >= 11 is 0.